The molecule has 0 saturated carbocycles. The molecule has 25 heavy (non-hydrogen) atoms. The van der Waals surface area contributed by atoms with E-state index >= 15 is 0 Å². The minimum absolute atomic E-state index is 0.237. The lowest BCUT2D eigenvalue weighted by molar-refractivity contribution is 0.00578. The van der Waals surface area contributed by atoms with Crippen molar-refractivity contribution in [3.8, 4) is 0 Å². The molecule has 3 rings (SSSR count). The van der Waals surface area contributed by atoms with Crippen molar-refractivity contribution in [3.63, 3.8) is 0 Å². The average Bonchev–Trinajstić information content (AvgIpc) is 2.65. The Morgan fingerprint density at radius 2 is 1.60 bits per heavy atom. The molecule has 5 nitrogen and oxygen atoms in total. The number of hydrogen-bond acceptors (Lipinski definition) is 5. The third-order valence-electron chi connectivity index (χ3n) is 5.67. The minimum atomic E-state index is -2.88. The van der Waals surface area contributed by atoms with Crippen molar-refractivity contribution in [1.82, 2.24) is 4.90 Å². The van der Waals surface area contributed by atoms with E-state index in [0.717, 1.165) is 18.6 Å². The van der Waals surface area contributed by atoms with E-state index in [2.05, 4.69) is 56.9 Å². The first-order chi connectivity index (χ1) is 11.5. The van der Waals surface area contributed by atoms with Crippen LogP contribution in [0.25, 0.3) is 0 Å². The van der Waals surface area contributed by atoms with Gasteiger partial charge < -0.3 is 14.2 Å². The first kappa shape index (κ1) is 18.9. The van der Waals surface area contributed by atoms with Crippen LogP contribution in [-0.4, -0.2) is 63.3 Å². The summed E-state index contributed by atoms with van der Waals surface area (Å²) < 4.78 is 34.6. The predicted molar refractivity (Wildman–Crippen MR) is 101 cm³/mol. The van der Waals surface area contributed by atoms with Gasteiger partial charge in [-0.25, -0.2) is 8.42 Å². The fourth-order valence-corrected chi connectivity index (χ4v) is 3.75. The van der Waals surface area contributed by atoms with Crippen molar-refractivity contribution < 1.29 is 17.7 Å². The smallest absolute Gasteiger partial charge is 0.399 e. The number of rotatable bonds is 5. The van der Waals surface area contributed by atoms with Gasteiger partial charge in [-0.15, -0.1) is 0 Å². The molecule has 0 radical (unpaired) electrons. The molecule has 2 fully saturated rings. The van der Waals surface area contributed by atoms with Gasteiger partial charge in [-0.1, -0.05) is 24.3 Å². The van der Waals surface area contributed by atoms with Crippen LogP contribution in [0, 0.1) is 0 Å². The van der Waals surface area contributed by atoms with Gasteiger partial charge in [-0.2, -0.15) is 0 Å². The van der Waals surface area contributed by atoms with Gasteiger partial charge in [0.1, 0.15) is 9.84 Å². The van der Waals surface area contributed by atoms with E-state index in [4.69, 9.17) is 9.31 Å². The van der Waals surface area contributed by atoms with Crippen LogP contribution < -0.4 is 5.46 Å². The third-order valence-corrected chi connectivity index (χ3v) is 6.59. The van der Waals surface area contributed by atoms with E-state index < -0.39 is 9.84 Å². The van der Waals surface area contributed by atoms with E-state index in [-0.39, 0.29) is 24.1 Å². The van der Waals surface area contributed by atoms with E-state index in [1.54, 1.807) is 0 Å². The van der Waals surface area contributed by atoms with Crippen LogP contribution >= 0.6 is 0 Å². The molecule has 1 aromatic rings. The normalized spacial score (nSPS) is 23.6. The molecule has 0 aliphatic carbocycles. The summed E-state index contributed by atoms with van der Waals surface area (Å²) in [4.78, 5) is 2.19. The SMILES string of the molecule is CC1(C)OB(c2ccc(C3CN(CCS(C)(=O)=O)C3)cc2)OC1(C)C. The van der Waals surface area contributed by atoms with Gasteiger partial charge in [0.15, 0.2) is 0 Å². The zero-order valence-corrected chi connectivity index (χ0v) is 16.6. The second kappa shape index (κ2) is 6.37. The van der Waals surface area contributed by atoms with Gasteiger partial charge in [0.25, 0.3) is 0 Å². The van der Waals surface area contributed by atoms with Crippen LogP contribution in [-0.2, 0) is 19.1 Å². The monoisotopic (exact) mass is 365 g/mol. The fraction of sp³-hybridized carbons (Fsp3) is 0.667. The highest BCUT2D eigenvalue weighted by Crippen LogP contribution is 2.36. The molecule has 0 atom stereocenters. The maximum atomic E-state index is 11.2. The first-order valence-corrected chi connectivity index (χ1v) is 10.9. The molecule has 0 spiro atoms. The summed E-state index contributed by atoms with van der Waals surface area (Å²) in [5.41, 5.74) is 1.67. The molecule has 2 heterocycles. The summed E-state index contributed by atoms with van der Waals surface area (Å²) in [6, 6.07) is 8.44. The zero-order valence-electron chi connectivity index (χ0n) is 15.8. The number of nitrogens with zero attached hydrogens (tertiary/aromatic N) is 1. The van der Waals surface area contributed by atoms with E-state index in [1.165, 1.54) is 11.8 Å². The minimum Gasteiger partial charge on any atom is -0.399 e. The second-order valence-electron chi connectivity index (χ2n) is 8.34. The number of sulfone groups is 1. The van der Waals surface area contributed by atoms with Crippen LogP contribution in [0.15, 0.2) is 24.3 Å². The van der Waals surface area contributed by atoms with Crippen LogP contribution in [0.5, 0.6) is 0 Å². The lowest BCUT2D eigenvalue weighted by Crippen LogP contribution is -2.46. The Balaban J connectivity index is 1.56. The zero-order chi connectivity index (χ0) is 18.5. The van der Waals surface area contributed by atoms with Gasteiger partial charge in [0.05, 0.1) is 17.0 Å². The topological polar surface area (TPSA) is 55.8 Å². The van der Waals surface area contributed by atoms with E-state index in [9.17, 15) is 8.42 Å². The first-order valence-electron chi connectivity index (χ1n) is 8.82. The lowest BCUT2D eigenvalue weighted by Gasteiger charge is -2.39. The quantitative estimate of drug-likeness (QED) is 0.739. The van der Waals surface area contributed by atoms with Crippen molar-refractivity contribution >= 4 is 22.4 Å². The lowest BCUT2D eigenvalue weighted by atomic mass is 9.78. The van der Waals surface area contributed by atoms with Gasteiger partial charge >= 0.3 is 7.12 Å². The molecule has 7 heteroatoms. The Morgan fingerprint density at radius 3 is 2.08 bits per heavy atom. The van der Waals surface area contributed by atoms with Crippen LogP contribution in [0.3, 0.4) is 0 Å². The Labute approximate surface area is 151 Å². The number of likely N-dealkylation sites (tertiary alicyclic amines) is 1. The largest absolute Gasteiger partial charge is 0.494 e. The van der Waals surface area contributed by atoms with Crippen LogP contribution in [0.2, 0.25) is 0 Å². The average molecular weight is 365 g/mol. The molecular formula is C18H28BNO4S. The second-order valence-corrected chi connectivity index (χ2v) is 10.6. The van der Waals surface area contributed by atoms with Gasteiger partial charge in [-0.3, -0.25) is 0 Å². The Bertz CT molecular complexity index is 708. The Hall–Kier alpha value is -0.885. The number of hydrogen-bond donors (Lipinski definition) is 0. The maximum absolute atomic E-state index is 11.2. The highest BCUT2D eigenvalue weighted by atomic mass is 32.2. The van der Waals surface area contributed by atoms with Crippen LogP contribution in [0.4, 0.5) is 0 Å². The summed E-state index contributed by atoms with van der Waals surface area (Å²) in [5, 5.41) is 0. The Kier molecular flexibility index (Phi) is 4.82. The Morgan fingerprint density at radius 1 is 1.08 bits per heavy atom. The summed E-state index contributed by atoms with van der Waals surface area (Å²) in [5.74, 6) is 0.715. The van der Waals surface area contributed by atoms with E-state index in [0.29, 0.717) is 12.5 Å². The van der Waals surface area contributed by atoms with Crippen molar-refractivity contribution in [2.24, 2.45) is 0 Å². The molecule has 0 N–H and O–H groups in total. The molecule has 1 aromatic carbocycles. The predicted octanol–water partition coefficient (Wildman–Crippen LogP) is 1.43. The molecule has 138 valence electrons. The molecular weight excluding hydrogens is 337 g/mol. The molecule has 0 bridgehead atoms. The van der Waals surface area contributed by atoms with Gasteiger partial charge in [0, 0.05) is 31.8 Å². The fourth-order valence-electron chi connectivity index (χ4n) is 3.16. The molecule has 0 unspecified atom stereocenters. The summed E-state index contributed by atoms with van der Waals surface area (Å²) >= 11 is 0. The third kappa shape index (κ3) is 4.10. The molecule has 2 saturated heterocycles. The van der Waals surface area contributed by atoms with Crippen molar-refractivity contribution in [3.05, 3.63) is 29.8 Å². The summed E-state index contributed by atoms with van der Waals surface area (Å²) in [6.45, 7) is 10.7. The maximum Gasteiger partial charge on any atom is 0.494 e. The van der Waals surface area contributed by atoms with Crippen LogP contribution in [0.1, 0.15) is 39.2 Å². The summed E-state index contributed by atoms with van der Waals surface area (Å²) in [7, 11) is -3.21. The number of benzene rings is 1. The van der Waals surface area contributed by atoms with E-state index in [1.807, 2.05) is 0 Å². The van der Waals surface area contributed by atoms with Gasteiger partial charge in [-0.05, 0) is 38.7 Å². The van der Waals surface area contributed by atoms with Crippen molar-refractivity contribution in [2.45, 2.75) is 44.8 Å². The van der Waals surface area contributed by atoms with Crippen molar-refractivity contribution in [1.29, 1.82) is 0 Å². The molecule has 2 aliphatic rings. The highest BCUT2D eigenvalue weighted by molar-refractivity contribution is 7.90. The summed E-state index contributed by atoms with van der Waals surface area (Å²) in [6.07, 6.45) is 1.29. The molecule has 0 amide bonds. The van der Waals surface area contributed by atoms with Crippen molar-refractivity contribution in [2.75, 3.05) is 31.6 Å². The molecule has 2 aliphatic heterocycles. The highest BCUT2D eigenvalue weighted by Gasteiger charge is 2.51. The molecule has 0 aromatic heterocycles. The standard InChI is InChI=1S/C18H28BNO4S/c1-17(2)18(3,4)24-19(23-17)16-8-6-14(7-9-16)15-12-20(13-15)10-11-25(5,21)22/h6-9,15H,10-13H2,1-5H3. The van der Waals surface area contributed by atoms with Gasteiger partial charge in [0.2, 0.25) is 0 Å².